The topological polar surface area (TPSA) is 15.3 Å². The third kappa shape index (κ3) is 7.05. The van der Waals surface area contributed by atoms with E-state index in [0.717, 1.165) is 11.8 Å². The number of likely N-dealkylation sites (tertiary alicyclic amines) is 1. The van der Waals surface area contributed by atoms with Gasteiger partial charge in [0.05, 0.1) is 0 Å². The summed E-state index contributed by atoms with van der Waals surface area (Å²) in [6.45, 7) is 14.3. The van der Waals surface area contributed by atoms with E-state index in [1.54, 1.807) is 0 Å². The molecule has 0 spiro atoms. The predicted molar refractivity (Wildman–Crippen MR) is 76.4 cm³/mol. The van der Waals surface area contributed by atoms with E-state index in [1.807, 2.05) is 0 Å². The van der Waals surface area contributed by atoms with E-state index in [0.29, 0.717) is 6.04 Å². The van der Waals surface area contributed by atoms with Crippen molar-refractivity contribution in [3.05, 3.63) is 0 Å². The van der Waals surface area contributed by atoms with Crippen LogP contribution in [0, 0.1) is 11.8 Å². The average Bonchev–Trinajstić information content (AvgIpc) is 2.69. The maximum atomic E-state index is 3.56. The second kappa shape index (κ2) is 8.10. The molecule has 0 bridgehead atoms. The van der Waals surface area contributed by atoms with Gasteiger partial charge >= 0.3 is 0 Å². The van der Waals surface area contributed by atoms with Crippen molar-refractivity contribution < 1.29 is 0 Å². The first kappa shape index (κ1) is 15.0. The van der Waals surface area contributed by atoms with Crippen molar-refractivity contribution >= 4 is 0 Å². The molecule has 1 unspecified atom stereocenters. The Morgan fingerprint density at radius 1 is 1.18 bits per heavy atom. The summed E-state index contributed by atoms with van der Waals surface area (Å²) in [5, 5.41) is 3.56. The highest BCUT2D eigenvalue weighted by molar-refractivity contribution is 4.77. The van der Waals surface area contributed by atoms with E-state index in [2.05, 4.69) is 37.9 Å². The maximum Gasteiger partial charge on any atom is 0.00223 e. The minimum Gasteiger partial charge on any atom is -0.314 e. The van der Waals surface area contributed by atoms with E-state index in [4.69, 9.17) is 0 Å². The smallest absolute Gasteiger partial charge is 0.00223 e. The normalized spacial score (nSPS) is 21.9. The number of hydrogen-bond donors (Lipinski definition) is 1. The number of hydrogen-bond acceptors (Lipinski definition) is 2. The highest BCUT2D eigenvalue weighted by Crippen LogP contribution is 2.16. The Bertz CT molecular complexity index is 189. The van der Waals surface area contributed by atoms with E-state index in [1.165, 1.54) is 51.9 Å². The van der Waals surface area contributed by atoms with Crippen LogP contribution in [0.4, 0.5) is 0 Å². The lowest BCUT2D eigenvalue weighted by Gasteiger charge is -2.17. The second-order valence-corrected chi connectivity index (χ2v) is 6.41. The molecule has 1 aliphatic heterocycles. The molecule has 0 aliphatic carbocycles. The molecule has 1 saturated heterocycles. The van der Waals surface area contributed by atoms with Gasteiger partial charge < -0.3 is 10.2 Å². The minimum absolute atomic E-state index is 0.634. The van der Waals surface area contributed by atoms with Crippen LogP contribution >= 0.6 is 0 Å². The van der Waals surface area contributed by atoms with Gasteiger partial charge in [0.15, 0.2) is 0 Å². The molecule has 102 valence electrons. The van der Waals surface area contributed by atoms with E-state index in [-0.39, 0.29) is 0 Å². The molecule has 1 N–H and O–H groups in total. The van der Waals surface area contributed by atoms with Crippen molar-refractivity contribution in [1.82, 2.24) is 10.2 Å². The quantitative estimate of drug-likeness (QED) is 0.656. The average molecular weight is 240 g/mol. The van der Waals surface area contributed by atoms with Gasteiger partial charge in [-0.2, -0.15) is 0 Å². The van der Waals surface area contributed by atoms with Crippen LogP contribution in [-0.2, 0) is 0 Å². The van der Waals surface area contributed by atoms with Gasteiger partial charge in [0.2, 0.25) is 0 Å². The number of unbranched alkanes of at least 4 members (excludes halogenated alkanes) is 1. The molecule has 17 heavy (non-hydrogen) atoms. The first-order valence-corrected chi connectivity index (χ1v) is 7.53. The van der Waals surface area contributed by atoms with E-state index < -0.39 is 0 Å². The lowest BCUT2D eigenvalue weighted by molar-refractivity contribution is 0.308. The second-order valence-electron chi connectivity index (χ2n) is 6.41. The fraction of sp³-hybridized carbons (Fsp3) is 1.00. The van der Waals surface area contributed by atoms with Gasteiger partial charge in [-0.3, -0.25) is 0 Å². The molecule has 1 fully saturated rings. The van der Waals surface area contributed by atoms with Gasteiger partial charge in [-0.1, -0.05) is 40.5 Å². The Hall–Kier alpha value is -0.0800. The fourth-order valence-electron chi connectivity index (χ4n) is 2.57. The monoisotopic (exact) mass is 240 g/mol. The van der Waals surface area contributed by atoms with Gasteiger partial charge in [-0.15, -0.1) is 0 Å². The predicted octanol–water partition coefficient (Wildman–Crippen LogP) is 3.13. The van der Waals surface area contributed by atoms with Crippen LogP contribution in [-0.4, -0.2) is 37.1 Å². The highest BCUT2D eigenvalue weighted by Gasteiger charge is 2.21. The van der Waals surface area contributed by atoms with Crippen LogP contribution in [0.25, 0.3) is 0 Å². The summed E-state index contributed by atoms with van der Waals surface area (Å²) in [4.78, 5) is 2.66. The third-order valence-corrected chi connectivity index (χ3v) is 3.69. The highest BCUT2D eigenvalue weighted by atomic mass is 15.1. The molecule has 1 aliphatic rings. The number of nitrogens with one attached hydrogen (secondary N) is 1. The van der Waals surface area contributed by atoms with Crippen molar-refractivity contribution in [2.75, 3.05) is 26.2 Å². The molecule has 0 aromatic heterocycles. The van der Waals surface area contributed by atoms with Crippen LogP contribution in [0.5, 0.6) is 0 Å². The SMILES string of the molecule is CC(C)CCCCN1CCC(CNC(C)C)C1. The molecule has 0 saturated carbocycles. The molecular formula is C15H32N2. The summed E-state index contributed by atoms with van der Waals surface area (Å²) in [5.74, 6) is 1.76. The van der Waals surface area contributed by atoms with Gasteiger partial charge in [0.25, 0.3) is 0 Å². The molecule has 0 radical (unpaired) electrons. The molecular weight excluding hydrogens is 208 g/mol. The summed E-state index contributed by atoms with van der Waals surface area (Å²) in [7, 11) is 0. The molecule has 1 atom stereocenters. The van der Waals surface area contributed by atoms with Crippen molar-refractivity contribution in [1.29, 1.82) is 0 Å². The standard InChI is InChI=1S/C15H32N2/c1-13(2)7-5-6-9-17-10-8-15(12-17)11-16-14(3)4/h13-16H,5-12H2,1-4H3. The zero-order valence-electron chi connectivity index (χ0n) is 12.3. The largest absolute Gasteiger partial charge is 0.314 e. The van der Waals surface area contributed by atoms with Gasteiger partial charge in [0, 0.05) is 12.6 Å². The van der Waals surface area contributed by atoms with Crippen LogP contribution in [0.3, 0.4) is 0 Å². The van der Waals surface area contributed by atoms with Crippen LogP contribution < -0.4 is 5.32 Å². The lowest BCUT2D eigenvalue weighted by Crippen LogP contribution is -2.31. The molecule has 1 heterocycles. The molecule has 0 amide bonds. The van der Waals surface area contributed by atoms with E-state index in [9.17, 15) is 0 Å². The van der Waals surface area contributed by atoms with Gasteiger partial charge in [0.1, 0.15) is 0 Å². The first-order chi connectivity index (χ1) is 8.08. The summed E-state index contributed by atoms with van der Waals surface area (Å²) in [6, 6.07) is 0.634. The van der Waals surface area contributed by atoms with Crippen molar-refractivity contribution in [2.45, 2.75) is 59.4 Å². The first-order valence-electron chi connectivity index (χ1n) is 7.53. The third-order valence-electron chi connectivity index (χ3n) is 3.69. The Morgan fingerprint density at radius 2 is 1.94 bits per heavy atom. The molecule has 1 rings (SSSR count). The summed E-state index contributed by atoms with van der Waals surface area (Å²) in [5.41, 5.74) is 0. The van der Waals surface area contributed by atoms with Crippen LogP contribution in [0.15, 0.2) is 0 Å². The Labute approximate surface area is 108 Å². The minimum atomic E-state index is 0.634. The summed E-state index contributed by atoms with van der Waals surface area (Å²) < 4.78 is 0. The molecule has 2 heteroatoms. The lowest BCUT2D eigenvalue weighted by atomic mass is 10.1. The van der Waals surface area contributed by atoms with Crippen molar-refractivity contribution in [3.8, 4) is 0 Å². The van der Waals surface area contributed by atoms with E-state index >= 15 is 0 Å². The molecule has 2 nitrogen and oxygen atoms in total. The van der Waals surface area contributed by atoms with Gasteiger partial charge in [-0.25, -0.2) is 0 Å². The van der Waals surface area contributed by atoms with Crippen LogP contribution in [0.1, 0.15) is 53.4 Å². The summed E-state index contributed by atoms with van der Waals surface area (Å²) in [6.07, 6.45) is 5.58. The molecule has 0 aromatic carbocycles. The Balaban J connectivity index is 2.01. The Kier molecular flexibility index (Phi) is 7.14. The van der Waals surface area contributed by atoms with Gasteiger partial charge in [-0.05, 0) is 44.3 Å². The van der Waals surface area contributed by atoms with Crippen molar-refractivity contribution in [2.24, 2.45) is 11.8 Å². The zero-order chi connectivity index (χ0) is 12.7. The van der Waals surface area contributed by atoms with Crippen LogP contribution in [0.2, 0.25) is 0 Å². The zero-order valence-corrected chi connectivity index (χ0v) is 12.3. The maximum absolute atomic E-state index is 3.56. The number of nitrogens with zero attached hydrogens (tertiary/aromatic N) is 1. The van der Waals surface area contributed by atoms with Crippen molar-refractivity contribution in [3.63, 3.8) is 0 Å². The number of rotatable bonds is 8. The fourth-order valence-corrected chi connectivity index (χ4v) is 2.57. The Morgan fingerprint density at radius 3 is 2.59 bits per heavy atom. The molecule has 0 aromatic rings. The summed E-state index contributed by atoms with van der Waals surface area (Å²) >= 11 is 0.